The number of oxazole rings is 1. The van der Waals surface area contributed by atoms with Crippen LogP contribution in [-0.2, 0) is 16.1 Å². The van der Waals surface area contributed by atoms with Crippen molar-refractivity contribution in [1.82, 2.24) is 15.0 Å². The van der Waals surface area contributed by atoms with Crippen molar-refractivity contribution in [2.75, 3.05) is 12.4 Å². The Kier molecular flexibility index (Phi) is 4.02. The summed E-state index contributed by atoms with van der Waals surface area (Å²) in [7, 11) is 1.74. The Morgan fingerprint density at radius 2 is 1.97 bits per heavy atom. The van der Waals surface area contributed by atoms with Crippen molar-refractivity contribution < 1.29 is 18.0 Å². The minimum Gasteiger partial charge on any atom is -0.436 e. The van der Waals surface area contributed by atoms with Crippen LogP contribution < -0.4 is 11.1 Å². The summed E-state index contributed by atoms with van der Waals surface area (Å²) in [5.41, 5.74) is 6.59. The second kappa shape index (κ2) is 6.44. The topological polar surface area (TPSA) is 107 Å². The SMILES string of the molecule is CNc1ncc(-c2nc3cc(C(C)(F)F)ccc3o2)c2cc(C3(C(N)=O)CC3)ncc12. The molecule has 3 heterocycles. The standard InChI is InChI=1S/C22H19F2N5O2/c1-21(23,24)11-3-4-16-15(7-11)29-19(31-16)14-10-28-18(26-2)13-9-27-17(8-12(13)14)22(5-6-22)20(25)30/h3-4,7-10H,5-6H2,1-2H3,(H2,25,30)(H,26,28). The fourth-order valence-electron chi connectivity index (χ4n) is 3.84. The van der Waals surface area contributed by atoms with Gasteiger partial charge in [0.05, 0.1) is 16.7 Å². The first-order valence-corrected chi connectivity index (χ1v) is 9.79. The molecule has 7 nitrogen and oxygen atoms in total. The molecule has 0 radical (unpaired) electrons. The minimum absolute atomic E-state index is 0.142. The van der Waals surface area contributed by atoms with E-state index in [1.807, 2.05) is 6.07 Å². The van der Waals surface area contributed by atoms with Gasteiger partial charge in [0.1, 0.15) is 11.3 Å². The number of rotatable bonds is 5. The molecule has 1 fully saturated rings. The van der Waals surface area contributed by atoms with Crippen LogP contribution in [0.2, 0.25) is 0 Å². The number of fused-ring (bicyclic) bond motifs is 2. The fraction of sp³-hybridized carbons (Fsp3) is 0.273. The number of benzene rings is 1. The maximum Gasteiger partial charge on any atom is 0.270 e. The molecule has 1 saturated carbocycles. The number of hydrogen-bond acceptors (Lipinski definition) is 6. The number of anilines is 1. The number of nitrogens with zero attached hydrogens (tertiary/aromatic N) is 3. The zero-order valence-corrected chi connectivity index (χ0v) is 16.9. The summed E-state index contributed by atoms with van der Waals surface area (Å²) in [5.74, 6) is -2.54. The molecule has 1 amide bonds. The molecule has 0 saturated heterocycles. The van der Waals surface area contributed by atoms with Gasteiger partial charge >= 0.3 is 0 Å². The van der Waals surface area contributed by atoms with Gasteiger partial charge in [-0.15, -0.1) is 0 Å². The van der Waals surface area contributed by atoms with Crippen molar-refractivity contribution in [2.24, 2.45) is 5.73 Å². The van der Waals surface area contributed by atoms with Gasteiger partial charge in [0.25, 0.3) is 5.92 Å². The first-order valence-electron chi connectivity index (χ1n) is 9.79. The summed E-state index contributed by atoms with van der Waals surface area (Å²) in [6, 6.07) is 5.93. The van der Waals surface area contributed by atoms with Crippen LogP contribution in [-0.4, -0.2) is 27.9 Å². The lowest BCUT2D eigenvalue weighted by Gasteiger charge is -2.13. The van der Waals surface area contributed by atoms with Crippen LogP contribution in [0.3, 0.4) is 0 Å². The third kappa shape index (κ3) is 2.99. The first kappa shape index (κ1) is 19.3. The zero-order chi connectivity index (χ0) is 22.0. The molecule has 1 aliphatic rings. The average molecular weight is 423 g/mol. The minimum atomic E-state index is -2.98. The molecule has 5 rings (SSSR count). The van der Waals surface area contributed by atoms with E-state index in [-0.39, 0.29) is 11.5 Å². The number of carbonyl (C=O) groups is 1. The number of halogens is 2. The van der Waals surface area contributed by atoms with Crippen LogP contribution in [0, 0.1) is 0 Å². The van der Waals surface area contributed by atoms with Gasteiger partial charge in [0.2, 0.25) is 11.8 Å². The highest BCUT2D eigenvalue weighted by Gasteiger charge is 2.51. The van der Waals surface area contributed by atoms with Crippen molar-refractivity contribution in [1.29, 1.82) is 0 Å². The van der Waals surface area contributed by atoms with Crippen LogP contribution in [0.1, 0.15) is 31.0 Å². The van der Waals surface area contributed by atoms with Gasteiger partial charge in [-0.1, -0.05) is 0 Å². The summed E-state index contributed by atoms with van der Waals surface area (Å²) >= 11 is 0. The third-order valence-electron chi connectivity index (χ3n) is 5.85. The maximum atomic E-state index is 13.7. The normalized spacial score (nSPS) is 15.4. The van der Waals surface area contributed by atoms with Crippen molar-refractivity contribution >= 4 is 33.6 Å². The largest absolute Gasteiger partial charge is 0.436 e. The molecule has 0 bridgehead atoms. The van der Waals surface area contributed by atoms with E-state index in [1.165, 1.54) is 18.2 Å². The Hall–Kier alpha value is -3.62. The van der Waals surface area contributed by atoms with E-state index in [0.717, 1.165) is 12.3 Å². The van der Waals surface area contributed by atoms with Gasteiger partial charge in [0.15, 0.2) is 5.58 Å². The Morgan fingerprint density at radius 3 is 2.61 bits per heavy atom. The fourth-order valence-corrected chi connectivity index (χ4v) is 3.84. The number of hydrogen-bond donors (Lipinski definition) is 2. The highest BCUT2D eigenvalue weighted by atomic mass is 19.3. The third-order valence-corrected chi connectivity index (χ3v) is 5.85. The van der Waals surface area contributed by atoms with Gasteiger partial charge in [-0.25, -0.2) is 18.7 Å². The van der Waals surface area contributed by atoms with Crippen molar-refractivity contribution in [3.05, 3.63) is 47.9 Å². The van der Waals surface area contributed by atoms with Crippen LogP contribution >= 0.6 is 0 Å². The quantitative estimate of drug-likeness (QED) is 0.500. The van der Waals surface area contributed by atoms with E-state index < -0.39 is 17.2 Å². The molecule has 31 heavy (non-hydrogen) atoms. The lowest BCUT2D eigenvalue weighted by Crippen LogP contribution is -2.29. The van der Waals surface area contributed by atoms with Crippen LogP contribution in [0.5, 0.6) is 0 Å². The first-order chi connectivity index (χ1) is 14.7. The number of aromatic nitrogens is 3. The van der Waals surface area contributed by atoms with E-state index in [0.29, 0.717) is 46.4 Å². The molecule has 158 valence electrons. The lowest BCUT2D eigenvalue weighted by atomic mass is 9.98. The molecule has 0 spiro atoms. The monoisotopic (exact) mass is 423 g/mol. The van der Waals surface area contributed by atoms with Crippen molar-refractivity contribution in [3.8, 4) is 11.5 Å². The molecular formula is C22H19F2N5O2. The summed E-state index contributed by atoms with van der Waals surface area (Å²) in [6.07, 6.45) is 4.55. The lowest BCUT2D eigenvalue weighted by molar-refractivity contribution is -0.120. The molecule has 4 aromatic rings. The number of amides is 1. The van der Waals surface area contributed by atoms with E-state index >= 15 is 0 Å². The smallest absolute Gasteiger partial charge is 0.270 e. The number of carbonyl (C=O) groups excluding carboxylic acids is 1. The second-order valence-electron chi connectivity index (χ2n) is 7.92. The van der Waals surface area contributed by atoms with E-state index in [1.54, 1.807) is 19.4 Å². The highest BCUT2D eigenvalue weighted by molar-refractivity contribution is 6.01. The highest BCUT2D eigenvalue weighted by Crippen LogP contribution is 2.48. The maximum absolute atomic E-state index is 13.7. The number of nitrogens with one attached hydrogen (secondary N) is 1. The molecule has 9 heteroatoms. The van der Waals surface area contributed by atoms with Gasteiger partial charge < -0.3 is 15.5 Å². The molecule has 1 aliphatic carbocycles. The number of primary amides is 1. The molecule has 3 aromatic heterocycles. The molecule has 1 aromatic carbocycles. The predicted octanol–water partition coefficient (Wildman–Crippen LogP) is 4.11. The number of pyridine rings is 2. The summed E-state index contributed by atoms with van der Waals surface area (Å²) in [6.45, 7) is 0.837. The Balaban J connectivity index is 1.71. The van der Waals surface area contributed by atoms with Crippen LogP contribution in [0.25, 0.3) is 33.3 Å². The summed E-state index contributed by atoms with van der Waals surface area (Å²) in [5, 5.41) is 4.46. The van der Waals surface area contributed by atoms with Gasteiger partial charge in [-0.2, -0.15) is 0 Å². The molecule has 0 unspecified atom stereocenters. The summed E-state index contributed by atoms with van der Waals surface area (Å²) in [4.78, 5) is 25.3. The Labute approximate surface area is 175 Å². The molecule has 0 atom stereocenters. The van der Waals surface area contributed by atoms with Gasteiger partial charge in [-0.05, 0) is 37.1 Å². The number of alkyl halides is 2. The van der Waals surface area contributed by atoms with E-state index in [4.69, 9.17) is 10.2 Å². The predicted molar refractivity (Wildman–Crippen MR) is 112 cm³/mol. The number of nitrogens with two attached hydrogens (primary N) is 1. The second-order valence-corrected chi connectivity index (χ2v) is 7.92. The molecule has 3 N–H and O–H groups in total. The van der Waals surface area contributed by atoms with E-state index in [2.05, 4.69) is 20.3 Å². The van der Waals surface area contributed by atoms with Crippen LogP contribution in [0.15, 0.2) is 41.1 Å². The zero-order valence-electron chi connectivity index (χ0n) is 16.9. The van der Waals surface area contributed by atoms with Crippen molar-refractivity contribution in [2.45, 2.75) is 31.1 Å². The van der Waals surface area contributed by atoms with Crippen molar-refractivity contribution in [3.63, 3.8) is 0 Å². The van der Waals surface area contributed by atoms with Gasteiger partial charge in [-0.3, -0.25) is 9.78 Å². The van der Waals surface area contributed by atoms with Gasteiger partial charge in [0, 0.05) is 42.7 Å². The Morgan fingerprint density at radius 1 is 1.19 bits per heavy atom. The Bertz CT molecular complexity index is 1360. The molecular weight excluding hydrogens is 404 g/mol. The van der Waals surface area contributed by atoms with Crippen LogP contribution in [0.4, 0.5) is 14.6 Å². The summed E-state index contributed by atoms with van der Waals surface area (Å²) < 4.78 is 33.3. The molecule has 0 aliphatic heterocycles. The average Bonchev–Trinajstić information content (AvgIpc) is 3.45. The van der Waals surface area contributed by atoms with E-state index in [9.17, 15) is 13.6 Å².